The second kappa shape index (κ2) is 9.99. The summed E-state index contributed by atoms with van der Waals surface area (Å²) in [5.74, 6) is -0.635. The van der Waals surface area contributed by atoms with E-state index in [2.05, 4.69) is 27.8 Å². The highest BCUT2D eigenvalue weighted by Crippen LogP contribution is 2.80. The zero-order chi connectivity index (χ0) is 26.3. The number of hydrogen-bond acceptors (Lipinski definition) is 13. The Morgan fingerprint density at radius 1 is 1.03 bits per heavy atom. The summed E-state index contributed by atoms with van der Waals surface area (Å²) in [4.78, 5) is 46.9. The lowest BCUT2D eigenvalue weighted by molar-refractivity contribution is -0.0544. The average Bonchev–Trinajstić information content (AvgIpc) is 3.04. The number of rotatable bonds is 6. The number of ether oxygens (including phenoxy) is 1. The van der Waals surface area contributed by atoms with Crippen LogP contribution in [-0.4, -0.2) is 60.4 Å². The van der Waals surface area contributed by atoms with Gasteiger partial charge in [-0.3, -0.25) is 13.9 Å². The van der Waals surface area contributed by atoms with Gasteiger partial charge in [0.2, 0.25) is 0 Å². The average molecular weight is 569 g/mol. The molecule has 5 N–H and O–H groups in total. The number of anilines is 1. The standard InChI is InChI=1S/C16H18N3O14P3/c20-12-10(8-29-36(28)32-34(24,25)31-35(26,27)33-36)30-15(13(12)21)19-7-6-11(18-16(19)23)17-14(22)9-4-2-1-3-5-9/h1-7,10,12-13,15,20-21H,8H2,(H,24,25)(H,26,27)(H,17,18,22,23)/t10-,12+,13?,15-/m1/s1. The molecule has 1 amide bonds. The number of aliphatic hydroxyl groups excluding tert-OH is 2. The van der Waals surface area contributed by atoms with E-state index in [4.69, 9.17) is 4.74 Å². The SMILES string of the molecule is O=C(Nc1ccn([C@@H]2O[C@H](COP3(=O)OP(=O)(O)OP(=O)(O)O3)[C@H](O)C2O)c(=O)n1)c1ccccc1. The van der Waals surface area contributed by atoms with Gasteiger partial charge in [0.15, 0.2) is 6.23 Å². The highest BCUT2D eigenvalue weighted by molar-refractivity contribution is 7.74. The fourth-order valence-electron chi connectivity index (χ4n) is 3.19. The minimum Gasteiger partial charge on any atom is -0.387 e. The van der Waals surface area contributed by atoms with E-state index in [9.17, 15) is 43.3 Å². The first-order valence-corrected chi connectivity index (χ1v) is 14.2. The molecule has 4 rings (SSSR count). The molecule has 36 heavy (non-hydrogen) atoms. The summed E-state index contributed by atoms with van der Waals surface area (Å²) >= 11 is 0. The summed E-state index contributed by atoms with van der Waals surface area (Å²) in [6.45, 7) is -0.945. The molecule has 1 aromatic carbocycles. The first-order valence-electron chi connectivity index (χ1n) is 9.79. The van der Waals surface area contributed by atoms with Crippen LogP contribution in [0.5, 0.6) is 0 Å². The van der Waals surface area contributed by atoms with Crippen molar-refractivity contribution in [2.24, 2.45) is 0 Å². The number of benzene rings is 1. The van der Waals surface area contributed by atoms with Crippen molar-refractivity contribution in [1.29, 1.82) is 0 Å². The van der Waals surface area contributed by atoms with E-state index >= 15 is 0 Å². The maximum Gasteiger partial charge on any atom is 0.492 e. The van der Waals surface area contributed by atoms with Crippen LogP contribution in [0.25, 0.3) is 0 Å². The molecule has 0 aliphatic carbocycles. The van der Waals surface area contributed by atoms with E-state index in [1.807, 2.05) is 0 Å². The van der Waals surface area contributed by atoms with Crippen molar-refractivity contribution >= 4 is 35.2 Å². The van der Waals surface area contributed by atoms with Gasteiger partial charge < -0.3 is 30.1 Å². The Balaban J connectivity index is 1.44. The molecule has 196 valence electrons. The van der Waals surface area contributed by atoms with E-state index in [-0.39, 0.29) is 5.82 Å². The third-order valence-electron chi connectivity index (χ3n) is 4.73. The predicted molar refractivity (Wildman–Crippen MR) is 115 cm³/mol. The summed E-state index contributed by atoms with van der Waals surface area (Å²) in [6, 6.07) is 9.33. The van der Waals surface area contributed by atoms with E-state index in [0.29, 0.717) is 5.56 Å². The largest absolute Gasteiger partial charge is 0.492 e. The Kier molecular flexibility index (Phi) is 7.48. The minimum atomic E-state index is -5.28. The summed E-state index contributed by atoms with van der Waals surface area (Å²) in [6.07, 6.45) is -5.43. The van der Waals surface area contributed by atoms with Crippen LogP contribution in [0.3, 0.4) is 0 Å². The van der Waals surface area contributed by atoms with Crippen LogP contribution in [-0.2, 0) is 35.9 Å². The molecule has 2 fully saturated rings. The molecule has 0 radical (unpaired) electrons. The second-order valence-corrected chi connectivity index (χ2v) is 12.3. The number of carbonyl (C=O) groups is 1. The summed E-state index contributed by atoms with van der Waals surface area (Å²) in [5.41, 5.74) is -0.666. The lowest BCUT2D eigenvalue weighted by Crippen LogP contribution is -2.36. The second-order valence-electron chi connectivity index (χ2n) is 7.29. The van der Waals surface area contributed by atoms with Gasteiger partial charge in [-0.1, -0.05) is 18.2 Å². The molecule has 17 nitrogen and oxygen atoms in total. The van der Waals surface area contributed by atoms with Crippen molar-refractivity contribution in [3.05, 3.63) is 58.6 Å². The first-order chi connectivity index (χ1) is 16.8. The van der Waals surface area contributed by atoms with Crippen molar-refractivity contribution in [1.82, 2.24) is 9.55 Å². The molecule has 0 spiro atoms. The van der Waals surface area contributed by atoms with Gasteiger partial charge in [0.1, 0.15) is 24.1 Å². The van der Waals surface area contributed by atoms with Gasteiger partial charge in [-0.15, -0.1) is 0 Å². The van der Waals surface area contributed by atoms with Crippen LogP contribution in [0.1, 0.15) is 16.6 Å². The summed E-state index contributed by atoms with van der Waals surface area (Å²) < 4.78 is 58.1. The Morgan fingerprint density at radius 2 is 1.67 bits per heavy atom. The molecule has 3 heterocycles. The molecule has 2 aliphatic rings. The molecule has 2 aromatic rings. The fourth-order valence-corrected chi connectivity index (χ4v) is 8.12. The van der Waals surface area contributed by atoms with Gasteiger partial charge in [-0.2, -0.15) is 17.9 Å². The van der Waals surface area contributed by atoms with Crippen molar-refractivity contribution in [2.75, 3.05) is 11.9 Å². The van der Waals surface area contributed by atoms with Crippen LogP contribution in [0, 0.1) is 0 Å². The number of amides is 1. The molecule has 20 heteroatoms. The lowest BCUT2D eigenvalue weighted by atomic mass is 10.1. The Labute approximate surface area is 201 Å². The van der Waals surface area contributed by atoms with Gasteiger partial charge in [0.05, 0.1) is 6.61 Å². The van der Waals surface area contributed by atoms with Gasteiger partial charge in [-0.05, 0) is 18.2 Å². The molecular weight excluding hydrogens is 551 g/mol. The quantitative estimate of drug-likeness (QED) is 0.298. The van der Waals surface area contributed by atoms with Crippen LogP contribution < -0.4 is 11.0 Å². The normalized spacial score (nSPS) is 36.4. The van der Waals surface area contributed by atoms with E-state index in [0.717, 1.165) is 10.8 Å². The number of hydrogen-bond donors (Lipinski definition) is 5. The van der Waals surface area contributed by atoms with E-state index < -0.39 is 66.2 Å². The van der Waals surface area contributed by atoms with Crippen LogP contribution >= 0.6 is 23.5 Å². The first kappa shape index (κ1) is 26.9. The van der Waals surface area contributed by atoms with Gasteiger partial charge >= 0.3 is 29.2 Å². The third kappa shape index (κ3) is 6.06. The minimum absolute atomic E-state index is 0.105. The lowest BCUT2D eigenvalue weighted by Gasteiger charge is -2.27. The maximum absolute atomic E-state index is 12.5. The molecule has 2 saturated heterocycles. The van der Waals surface area contributed by atoms with Gasteiger partial charge in [0, 0.05) is 11.8 Å². The van der Waals surface area contributed by atoms with Crippen LogP contribution in [0.15, 0.2) is 47.4 Å². The number of aromatic nitrogens is 2. The molecule has 1 aromatic heterocycles. The van der Waals surface area contributed by atoms with Crippen molar-refractivity contribution in [2.45, 2.75) is 24.5 Å². The van der Waals surface area contributed by atoms with E-state index in [1.165, 1.54) is 6.07 Å². The Bertz CT molecular complexity index is 1320. The number of phosphoric acid groups is 3. The topological polar surface area (TPSA) is 242 Å². The molecule has 3 unspecified atom stereocenters. The van der Waals surface area contributed by atoms with Gasteiger partial charge in [0.25, 0.3) is 5.91 Å². The number of carbonyl (C=O) groups excluding carboxylic acids is 1. The Morgan fingerprint density at radius 3 is 2.28 bits per heavy atom. The number of nitrogens with zero attached hydrogens (tertiary/aromatic N) is 2. The molecule has 6 atom stereocenters. The zero-order valence-corrected chi connectivity index (χ0v) is 20.3. The Hall–Kier alpha value is -2.10. The smallest absolute Gasteiger partial charge is 0.387 e. The van der Waals surface area contributed by atoms with Crippen LogP contribution in [0.2, 0.25) is 0 Å². The highest BCUT2D eigenvalue weighted by atomic mass is 31.3. The molecular formula is C16H18N3O14P3. The summed E-state index contributed by atoms with van der Waals surface area (Å²) in [7, 11) is -15.7. The third-order valence-corrected chi connectivity index (χ3v) is 10.1. The fraction of sp³-hybridized carbons (Fsp3) is 0.312. The number of nitrogens with one attached hydrogen (secondary N) is 1. The van der Waals surface area contributed by atoms with Crippen LogP contribution in [0.4, 0.5) is 5.82 Å². The summed E-state index contributed by atoms with van der Waals surface area (Å²) in [5, 5.41) is 23.0. The van der Waals surface area contributed by atoms with Gasteiger partial charge in [-0.25, -0.2) is 18.5 Å². The zero-order valence-electron chi connectivity index (χ0n) is 17.7. The van der Waals surface area contributed by atoms with Crippen molar-refractivity contribution in [3.63, 3.8) is 0 Å². The molecule has 0 bridgehead atoms. The monoisotopic (exact) mass is 569 g/mol. The van der Waals surface area contributed by atoms with E-state index in [1.54, 1.807) is 30.3 Å². The number of aliphatic hydroxyl groups is 2. The molecule has 0 saturated carbocycles. The maximum atomic E-state index is 12.5. The predicted octanol–water partition coefficient (Wildman–Crippen LogP) is 0.504. The highest BCUT2D eigenvalue weighted by Gasteiger charge is 2.55. The molecule has 2 aliphatic heterocycles. The van der Waals surface area contributed by atoms with Crippen molar-refractivity contribution < 1.29 is 60.7 Å². The van der Waals surface area contributed by atoms with Crippen molar-refractivity contribution in [3.8, 4) is 0 Å².